The van der Waals surface area contributed by atoms with Gasteiger partial charge >= 0.3 is 0 Å². The highest BCUT2D eigenvalue weighted by molar-refractivity contribution is 7.18. The maximum absolute atomic E-state index is 5.17. The van der Waals surface area contributed by atoms with Gasteiger partial charge in [-0.2, -0.15) is 4.98 Å². The third-order valence-corrected chi connectivity index (χ3v) is 3.91. The Hall–Kier alpha value is -1.40. The molecule has 0 aromatic carbocycles. The molecule has 2 aromatic rings. The van der Waals surface area contributed by atoms with Crippen molar-refractivity contribution in [3.05, 3.63) is 10.9 Å². The standard InChI is InChI=1S/C13H20N4OS/c1-5-17(6-7-18-4)11-10-8-9(2)19-12(10)16-13(14-3)15-11/h8H,5-7H2,1-4H3,(H,14,15,16). The monoisotopic (exact) mass is 280 g/mol. The maximum atomic E-state index is 5.17. The van der Waals surface area contributed by atoms with Crippen molar-refractivity contribution in [1.29, 1.82) is 0 Å². The number of ether oxygens (including phenoxy) is 1. The van der Waals surface area contributed by atoms with Gasteiger partial charge in [0.05, 0.1) is 12.0 Å². The molecular formula is C13H20N4OS. The van der Waals surface area contributed by atoms with E-state index in [0.29, 0.717) is 12.6 Å². The molecule has 2 heterocycles. The van der Waals surface area contributed by atoms with Gasteiger partial charge in [-0.15, -0.1) is 11.3 Å². The number of nitrogens with one attached hydrogen (secondary N) is 1. The zero-order chi connectivity index (χ0) is 13.8. The number of aromatic nitrogens is 2. The third-order valence-electron chi connectivity index (χ3n) is 2.97. The number of nitrogens with zero attached hydrogens (tertiary/aromatic N) is 3. The van der Waals surface area contributed by atoms with Crippen LogP contribution in [0.2, 0.25) is 0 Å². The number of anilines is 2. The summed E-state index contributed by atoms with van der Waals surface area (Å²) in [5, 5.41) is 4.15. The number of rotatable bonds is 6. The predicted octanol–water partition coefficient (Wildman–Crippen LogP) is 2.51. The zero-order valence-corrected chi connectivity index (χ0v) is 12.7. The van der Waals surface area contributed by atoms with E-state index in [0.717, 1.165) is 29.1 Å². The average molecular weight is 280 g/mol. The molecule has 0 fully saturated rings. The lowest BCUT2D eigenvalue weighted by molar-refractivity contribution is 0.205. The molecule has 0 aliphatic heterocycles. The molecule has 1 N–H and O–H groups in total. The third kappa shape index (κ3) is 2.96. The van der Waals surface area contributed by atoms with Crippen molar-refractivity contribution < 1.29 is 4.74 Å². The minimum absolute atomic E-state index is 0.667. The summed E-state index contributed by atoms with van der Waals surface area (Å²) in [7, 11) is 3.56. The van der Waals surface area contributed by atoms with E-state index in [1.807, 2.05) is 7.05 Å². The SMILES string of the molecule is CCN(CCOC)c1nc(NC)nc2sc(C)cc12. The largest absolute Gasteiger partial charge is 0.383 e. The zero-order valence-electron chi connectivity index (χ0n) is 11.9. The van der Waals surface area contributed by atoms with Gasteiger partial charge in [-0.1, -0.05) is 0 Å². The van der Waals surface area contributed by atoms with Crippen LogP contribution in [0.25, 0.3) is 10.2 Å². The average Bonchev–Trinajstić information content (AvgIpc) is 2.79. The van der Waals surface area contributed by atoms with Crippen LogP contribution in [0.4, 0.5) is 11.8 Å². The van der Waals surface area contributed by atoms with Crippen molar-refractivity contribution in [3.8, 4) is 0 Å². The maximum Gasteiger partial charge on any atom is 0.225 e. The van der Waals surface area contributed by atoms with Crippen LogP contribution in [0.5, 0.6) is 0 Å². The van der Waals surface area contributed by atoms with E-state index < -0.39 is 0 Å². The first-order valence-electron chi connectivity index (χ1n) is 6.39. The van der Waals surface area contributed by atoms with Crippen LogP contribution in [0.3, 0.4) is 0 Å². The van der Waals surface area contributed by atoms with E-state index in [-0.39, 0.29) is 0 Å². The molecule has 0 saturated carbocycles. The lowest BCUT2D eigenvalue weighted by atomic mass is 10.3. The van der Waals surface area contributed by atoms with Gasteiger partial charge in [-0.05, 0) is 19.9 Å². The molecule has 0 saturated heterocycles. The molecule has 19 heavy (non-hydrogen) atoms. The van der Waals surface area contributed by atoms with Gasteiger partial charge in [0.2, 0.25) is 5.95 Å². The van der Waals surface area contributed by atoms with Crippen LogP contribution in [-0.2, 0) is 4.74 Å². The quantitative estimate of drug-likeness (QED) is 0.881. The van der Waals surface area contributed by atoms with Crippen LogP contribution in [0.1, 0.15) is 11.8 Å². The van der Waals surface area contributed by atoms with Crippen LogP contribution in [-0.4, -0.2) is 43.8 Å². The fraction of sp³-hybridized carbons (Fsp3) is 0.538. The molecule has 0 bridgehead atoms. The Morgan fingerprint density at radius 2 is 2.21 bits per heavy atom. The minimum Gasteiger partial charge on any atom is -0.383 e. The summed E-state index contributed by atoms with van der Waals surface area (Å²) < 4.78 is 5.17. The van der Waals surface area contributed by atoms with Crippen molar-refractivity contribution >= 4 is 33.3 Å². The van der Waals surface area contributed by atoms with Crippen LogP contribution in [0.15, 0.2) is 6.07 Å². The number of thiophene rings is 1. The Morgan fingerprint density at radius 3 is 2.84 bits per heavy atom. The Kier molecular flexibility index (Phi) is 4.55. The highest BCUT2D eigenvalue weighted by atomic mass is 32.1. The molecule has 104 valence electrons. The van der Waals surface area contributed by atoms with Crippen molar-refractivity contribution in [2.75, 3.05) is 44.1 Å². The molecule has 0 aliphatic carbocycles. The summed E-state index contributed by atoms with van der Waals surface area (Å²) in [4.78, 5) is 13.6. The topological polar surface area (TPSA) is 50.3 Å². The lowest BCUT2D eigenvalue weighted by Gasteiger charge is -2.22. The van der Waals surface area contributed by atoms with Crippen LogP contribution >= 0.6 is 11.3 Å². The Balaban J connectivity index is 2.48. The second kappa shape index (κ2) is 6.16. The number of fused-ring (bicyclic) bond motifs is 1. The number of likely N-dealkylation sites (N-methyl/N-ethyl adjacent to an activating group) is 1. The van der Waals surface area contributed by atoms with E-state index >= 15 is 0 Å². The molecule has 0 atom stereocenters. The second-order valence-electron chi connectivity index (χ2n) is 4.27. The summed E-state index contributed by atoms with van der Waals surface area (Å²) in [6, 6.07) is 2.16. The van der Waals surface area contributed by atoms with Gasteiger partial charge in [0.15, 0.2) is 0 Å². The van der Waals surface area contributed by atoms with Crippen LogP contribution < -0.4 is 10.2 Å². The van der Waals surface area contributed by atoms with Crippen molar-refractivity contribution in [1.82, 2.24) is 9.97 Å². The first-order valence-corrected chi connectivity index (χ1v) is 7.21. The molecule has 0 spiro atoms. The van der Waals surface area contributed by atoms with Gasteiger partial charge in [0.1, 0.15) is 10.6 Å². The highest BCUT2D eigenvalue weighted by Crippen LogP contribution is 2.31. The summed E-state index contributed by atoms with van der Waals surface area (Å²) >= 11 is 1.70. The summed E-state index contributed by atoms with van der Waals surface area (Å²) in [5.74, 6) is 1.65. The van der Waals surface area contributed by atoms with Gasteiger partial charge in [-0.25, -0.2) is 4.98 Å². The molecule has 0 amide bonds. The Bertz CT molecular complexity index is 555. The van der Waals surface area contributed by atoms with Crippen LogP contribution in [0, 0.1) is 6.92 Å². The normalized spacial score (nSPS) is 10.9. The molecule has 2 aromatic heterocycles. The first kappa shape index (κ1) is 14.0. The fourth-order valence-corrected chi connectivity index (χ4v) is 2.87. The molecule has 0 unspecified atom stereocenters. The molecular weight excluding hydrogens is 260 g/mol. The summed E-state index contributed by atoms with van der Waals surface area (Å²) in [5.41, 5.74) is 0. The summed E-state index contributed by atoms with van der Waals surface area (Å²) in [6.07, 6.45) is 0. The van der Waals surface area contributed by atoms with E-state index in [1.165, 1.54) is 4.88 Å². The number of hydrogen-bond donors (Lipinski definition) is 1. The van der Waals surface area contributed by atoms with Crippen molar-refractivity contribution in [2.24, 2.45) is 0 Å². The molecule has 6 heteroatoms. The van der Waals surface area contributed by atoms with Crippen molar-refractivity contribution in [3.63, 3.8) is 0 Å². The fourth-order valence-electron chi connectivity index (χ4n) is 2.00. The van der Waals surface area contributed by atoms with Crippen molar-refractivity contribution in [2.45, 2.75) is 13.8 Å². The van der Waals surface area contributed by atoms with E-state index in [9.17, 15) is 0 Å². The molecule has 0 aliphatic rings. The molecule has 2 rings (SSSR count). The molecule has 0 radical (unpaired) electrons. The smallest absolute Gasteiger partial charge is 0.225 e. The number of hydrogen-bond acceptors (Lipinski definition) is 6. The lowest BCUT2D eigenvalue weighted by Crippen LogP contribution is -2.28. The van der Waals surface area contributed by atoms with Gasteiger partial charge in [0, 0.05) is 32.1 Å². The van der Waals surface area contributed by atoms with Gasteiger partial charge < -0.3 is 15.0 Å². The number of methoxy groups -OCH3 is 1. The van der Waals surface area contributed by atoms with E-state index in [2.05, 4.69) is 40.1 Å². The first-order chi connectivity index (χ1) is 9.19. The highest BCUT2D eigenvalue weighted by Gasteiger charge is 2.14. The van der Waals surface area contributed by atoms with E-state index in [1.54, 1.807) is 18.4 Å². The van der Waals surface area contributed by atoms with E-state index in [4.69, 9.17) is 4.74 Å². The minimum atomic E-state index is 0.667. The van der Waals surface area contributed by atoms with Gasteiger partial charge in [0.25, 0.3) is 0 Å². The Labute approximate surface area is 117 Å². The Morgan fingerprint density at radius 1 is 1.42 bits per heavy atom. The number of aryl methyl sites for hydroxylation is 1. The van der Waals surface area contributed by atoms with Gasteiger partial charge in [-0.3, -0.25) is 0 Å². The second-order valence-corrected chi connectivity index (χ2v) is 5.50. The predicted molar refractivity (Wildman–Crippen MR) is 81.5 cm³/mol. The summed E-state index contributed by atoms with van der Waals surface area (Å²) in [6.45, 7) is 6.64. The molecule has 5 nitrogen and oxygen atoms in total.